The molecule has 2 saturated heterocycles. The zero-order valence-electron chi connectivity index (χ0n) is 38.2. The van der Waals surface area contributed by atoms with Gasteiger partial charge in [0.15, 0.2) is 0 Å². The van der Waals surface area contributed by atoms with Gasteiger partial charge in [-0.2, -0.15) is 0 Å². The largest absolute Gasteiger partial charge is 2.00 e. The van der Waals surface area contributed by atoms with Crippen molar-refractivity contribution in [2.24, 2.45) is 5.92 Å². The fraction of sp³-hybridized carbons (Fsp3) is 0.267. The van der Waals surface area contributed by atoms with E-state index in [4.69, 9.17) is 27.5 Å². The van der Waals surface area contributed by atoms with E-state index in [2.05, 4.69) is 207 Å². The van der Waals surface area contributed by atoms with Gasteiger partial charge in [0.05, 0.1) is 38.1 Å². The first-order valence-electron chi connectivity index (χ1n) is 23.3. The minimum atomic E-state index is -0.579. The molecule has 66 heavy (non-hydrogen) atoms. The normalized spacial score (nSPS) is 24.5. The van der Waals surface area contributed by atoms with Crippen LogP contribution in [0.15, 0.2) is 212 Å². The minimum absolute atomic E-state index is 0. The van der Waals surface area contributed by atoms with Crippen LogP contribution in [0.25, 0.3) is 0 Å². The molecule has 7 aromatic carbocycles. The second-order valence-electron chi connectivity index (χ2n) is 17.7. The Kier molecular flexibility index (Phi) is 19.4. The van der Waals surface area contributed by atoms with Crippen LogP contribution in [0.3, 0.4) is 0 Å². The van der Waals surface area contributed by atoms with Crippen LogP contribution >= 0.6 is 15.8 Å². The Morgan fingerprint density at radius 2 is 0.530 bits per heavy atom. The molecule has 6 heteroatoms. The van der Waals surface area contributed by atoms with Crippen molar-refractivity contribution in [1.29, 1.82) is 0 Å². The molecule has 340 valence electrons. The Morgan fingerprint density at radius 3 is 0.818 bits per heavy atom. The van der Waals surface area contributed by atoms with Crippen molar-refractivity contribution in [2.45, 2.75) is 93.4 Å². The third-order valence-corrected chi connectivity index (χ3v) is 18.8. The first kappa shape index (κ1) is 49.7. The average molecular weight is 951 g/mol. The van der Waals surface area contributed by atoms with Crippen LogP contribution in [-0.4, -0.2) is 40.9 Å². The number of ether oxygens (including phenoxy) is 3. The van der Waals surface area contributed by atoms with Crippen molar-refractivity contribution < 1.29 is 31.3 Å². The molecule has 9 rings (SSSR count). The van der Waals surface area contributed by atoms with Crippen molar-refractivity contribution in [2.75, 3.05) is 0 Å². The minimum Gasteiger partial charge on any atom is -0.373 e. The third-order valence-electron chi connectivity index (χ3n) is 13.3. The number of hydrogen-bond donors (Lipinski definition) is 0. The van der Waals surface area contributed by atoms with Crippen LogP contribution in [0.2, 0.25) is 0 Å². The number of rotatable bonds is 17. The maximum atomic E-state index is 6.76. The van der Waals surface area contributed by atoms with Crippen LogP contribution in [0.1, 0.15) is 45.9 Å². The van der Waals surface area contributed by atoms with Gasteiger partial charge in [0.25, 0.3) is 0 Å². The summed E-state index contributed by atoms with van der Waals surface area (Å²) in [7, 11) is -0.952. The Hall–Kier alpha value is -4.20. The molecule has 9 unspecified atom stereocenters. The molecule has 0 saturated carbocycles. The fourth-order valence-corrected chi connectivity index (χ4v) is 15.3. The molecular weight excluding hydrogens is 886 g/mol. The van der Waals surface area contributed by atoms with Gasteiger partial charge in [0.2, 0.25) is 0 Å². The Labute approximate surface area is 408 Å². The molecule has 0 aromatic heterocycles. The van der Waals surface area contributed by atoms with Gasteiger partial charge >= 0.3 is 17.1 Å². The quantitative estimate of drug-likeness (QED) is 0.0517. The summed E-state index contributed by atoms with van der Waals surface area (Å²) in [6.07, 6.45) is 4.34. The fourth-order valence-electron chi connectivity index (χ4n) is 9.77. The zero-order chi connectivity index (χ0) is 44.6. The van der Waals surface area contributed by atoms with Crippen molar-refractivity contribution in [3.8, 4) is 0 Å². The average Bonchev–Trinajstić information content (AvgIpc) is 3.73. The molecule has 0 radical (unpaired) electrons. The van der Waals surface area contributed by atoms with Gasteiger partial charge in [-0.1, -0.05) is 219 Å². The Bertz CT molecular complexity index is 2280. The molecule has 9 atom stereocenters. The van der Waals surface area contributed by atoms with Gasteiger partial charge in [-0.05, 0) is 93.2 Å². The molecule has 2 aliphatic heterocycles. The number of benzene rings is 7. The molecule has 0 spiro atoms. The summed E-state index contributed by atoms with van der Waals surface area (Å²) in [5, 5.41) is 0. The van der Waals surface area contributed by atoms with E-state index in [1.54, 1.807) is 0 Å². The maximum absolute atomic E-state index is 6.76. The second kappa shape index (κ2) is 25.8. The van der Waals surface area contributed by atoms with Crippen molar-refractivity contribution >= 4 is 15.8 Å². The van der Waals surface area contributed by atoms with E-state index in [0.717, 1.165) is 25.7 Å². The van der Waals surface area contributed by atoms with E-state index in [0.29, 0.717) is 48.4 Å². The summed E-state index contributed by atoms with van der Waals surface area (Å²) in [6.45, 7) is 13.8. The standard InChI is InChI=1S/C33H34O2P.C27H30OP.Fe/c1-36-30(22-26-14-6-2-7-15-26)32(34-24-28-18-10-4-11-19-28)33(35-25-29-20-12-5-13-21-29)31(36)23-27-16-8-3-9-17-27;1-21-25(18-22-12-6-3-7-13-22)29(2)26(19-23-14-8-4-9-15-23)27(21)28-20-24-16-10-5-11-17-24;/h2-21,30-33H,1,22-25H2;3-17,21,25-27H,2,18-20H2,1H3;/q2*-1;+2. The predicted molar refractivity (Wildman–Crippen MR) is 275 cm³/mol. The topological polar surface area (TPSA) is 27.7 Å². The molecule has 2 heterocycles. The smallest absolute Gasteiger partial charge is 0.373 e. The Balaban J connectivity index is 0.000000198. The molecular formula is C60H64FeO3P2. The van der Waals surface area contributed by atoms with E-state index >= 15 is 0 Å². The maximum Gasteiger partial charge on any atom is 2.00 e. The van der Waals surface area contributed by atoms with Crippen LogP contribution in [0.4, 0.5) is 0 Å². The van der Waals surface area contributed by atoms with Crippen molar-refractivity contribution in [3.63, 3.8) is 0 Å². The van der Waals surface area contributed by atoms with Gasteiger partial charge in [0.1, 0.15) is 0 Å². The van der Waals surface area contributed by atoms with E-state index in [1.807, 2.05) is 12.1 Å². The van der Waals surface area contributed by atoms with Crippen LogP contribution < -0.4 is 0 Å². The van der Waals surface area contributed by atoms with Gasteiger partial charge in [-0.25, -0.2) is 0 Å². The summed E-state index contributed by atoms with van der Waals surface area (Å²) >= 11 is 0. The molecule has 0 bridgehead atoms. The van der Waals surface area contributed by atoms with E-state index < -0.39 is 7.92 Å². The molecule has 0 N–H and O–H groups in total. The monoisotopic (exact) mass is 950 g/mol. The van der Waals surface area contributed by atoms with E-state index in [-0.39, 0.29) is 43.3 Å². The van der Waals surface area contributed by atoms with Crippen molar-refractivity contribution in [3.05, 3.63) is 265 Å². The molecule has 0 amide bonds. The molecule has 7 aromatic rings. The van der Waals surface area contributed by atoms with Crippen LogP contribution in [0, 0.1) is 19.2 Å². The molecule has 2 fully saturated rings. The predicted octanol–water partition coefficient (Wildman–Crippen LogP) is 14.4. The SMILES string of the molecule is [CH2-]P1C(Cc2ccccc2)C(C)C(OCc2ccccc2)C1Cc1ccccc1.[CH2-]P1C(Cc2ccccc2)C(OCc2ccccc2)C(OCc2ccccc2)C1Cc1ccccc1.[Fe+2]. The summed E-state index contributed by atoms with van der Waals surface area (Å²) in [5.41, 5.74) is 10.9. The zero-order valence-corrected chi connectivity index (χ0v) is 41.1. The molecule has 2 aliphatic rings. The molecule has 3 nitrogen and oxygen atoms in total. The summed E-state index contributed by atoms with van der Waals surface area (Å²) in [6, 6.07) is 74.8. The van der Waals surface area contributed by atoms with Crippen LogP contribution in [-0.2, 0) is 76.8 Å². The van der Waals surface area contributed by atoms with E-state index in [9.17, 15) is 0 Å². The molecule has 0 aliphatic carbocycles. The van der Waals surface area contributed by atoms with Crippen LogP contribution in [0.5, 0.6) is 0 Å². The van der Waals surface area contributed by atoms with Gasteiger partial charge in [-0.15, -0.1) is 0 Å². The van der Waals surface area contributed by atoms with Crippen molar-refractivity contribution in [1.82, 2.24) is 0 Å². The van der Waals surface area contributed by atoms with Gasteiger partial charge in [-0.3, -0.25) is 15.8 Å². The summed E-state index contributed by atoms with van der Waals surface area (Å²) in [4.78, 5) is 0. The first-order valence-corrected chi connectivity index (χ1v) is 26.6. The Morgan fingerprint density at radius 1 is 0.318 bits per heavy atom. The summed E-state index contributed by atoms with van der Waals surface area (Å²) < 4.78 is 20.1. The third kappa shape index (κ3) is 13.7. The van der Waals surface area contributed by atoms with Gasteiger partial charge in [0, 0.05) is 0 Å². The summed E-state index contributed by atoms with van der Waals surface area (Å²) in [5.74, 6) is 0.510. The first-order chi connectivity index (χ1) is 32.0. The van der Waals surface area contributed by atoms with E-state index in [1.165, 1.54) is 38.9 Å². The van der Waals surface area contributed by atoms with Gasteiger partial charge < -0.3 is 27.5 Å². The number of hydrogen-bond acceptors (Lipinski definition) is 3. The second-order valence-corrected chi connectivity index (χ2v) is 22.4.